The minimum absolute atomic E-state index is 0.104. The summed E-state index contributed by atoms with van der Waals surface area (Å²) in [6, 6.07) is 0. The average molecular weight is 209 g/mol. The molecule has 0 aliphatic heterocycles. The third-order valence-corrected chi connectivity index (χ3v) is 1.57. The van der Waals surface area contributed by atoms with E-state index in [9.17, 15) is 4.79 Å². The van der Waals surface area contributed by atoms with Gasteiger partial charge in [-0.2, -0.15) is 4.99 Å². The Labute approximate surface area is 85.4 Å². The Morgan fingerprint density at radius 2 is 1.80 bits per heavy atom. The number of guanidine groups is 1. The van der Waals surface area contributed by atoms with Crippen molar-refractivity contribution in [3.63, 3.8) is 0 Å². The average Bonchev–Trinajstić information content (AvgIpc) is 2.09. The van der Waals surface area contributed by atoms with Gasteiger partial charge in [0.15, 0.2) is 17.5 Å². The third kappa shape index (κ3) is 2.30. The number of nitrogens with two attached hydrogens (primary N) is 4. The summed E-state index contributed by atoms with van der Waals surface area (Å²) < 4.78 is 0. The number of aliphatic imine (C=N–C) groups is 1. The quantitative estimate of drug-likeness (QED) is 0.318. The van der Waals surface area contributed by atoms with Crippen molar-refractivity contribution in [1.29, 1.82) is 0 Å². The number of anilines is 2. The molecule has 0 bridgehead atoms. The highest BCUT2D eigenvalue weighted by molar-refractivity contribution is 6.03. The molecule has 0 atom stereocenters. The van der Waals surface area contributed by atoms with Crippen molar-refractivity contribution in [2.45, 2.75) is 6.92 Å². The number of hydrogen-bond donors (Lipinski definition) is 4. The lowest BCUT2D eigenvalue weighted by Crippen LogP contribution is -2.25. The molecule has 1 rings (SSSR count). The number of aromatic nitrogens is 2. The van der Waals surface area contributed by atoms with Crippen LogP contribution in [0.1, 0.15) is 16.2 Å². The van der Waals surface area contributed by atoms with Crippen molar-refractivity contribution in [3.8, 4) is 0 Å². The van der Waals surface area contributed by atoms with Crippen LogP contribution in [-0.2, 0) is 0 Å². The van der Waals surface area contributed by atoms with Crippen molar-refractivity contribution in [3.05, 3.63) is 11.4 Å². The topological polar surface area (TPSA) is 159 Å². The zero-order valence-electron chi connectivity index (χ0n) is 8.06. The molecular formula is C7H11N7O. The van der Waals surface area contributed by atoms with Crippen molar-refractivity contribution in [2.24, 2.45) is 16.5 Å². The molecule has 0 unspecified atom stereocenters. The molecule has 1 aromatic rings. The molecule has 0 spiro atoms. The molecule has 8 heteroatoms. The number of amides is 1. The number of carbonyl (C=O) groups excluding carboxylic acids is 1. The predicted octanol–water partition coefficient (Wildman–Crippen LogP) is -1.64. The second-order valence-electron chi connectivity index (χ2n) is 2.77. The van der Waals surface area contributed by atoms with Gasteiger partial charge < -0.3 is 22.9 Å². The summed E-state index contributed by atoms with van der Waals surface area (Å²) in [5.74, 6) is -1.05. The molecule has 0 saturated carbocycles. The minimum Gasteiger partial charge on any atom is -0.382 e. The van der Waals surface area contributed by atoms with E-state index in [1.54, 1.807) is 6.92 Å². The van der Waals surface area contributed by atoms with Crippen LogP contribution in [0, 0.1) is 6.92 Å². The van der Waals surface area contributed by atoms with Gasteiger partial charge >= 0.3 is 5.91 Å². The first-order valence-corrected chi connectivity index (χ1v) is 3.95. The molecule has 1 amide bonds. The monoisotopic (exact) mass is 209 g/mol. The van der Waals surface area contributed by atoms with Crippen LogP contribution < -0.4 is 22.9 Å². The van der Waals surface area contributed by atoms with Gasteiger partial charge in [0.25, 0.3) is 0 Å². The lowest BCUT2D eigenvalue weighted by atomic mass is 10.3. The molecule has 0 radical (unpaired) electrons. The second-order valence-corrected chi connectivity index (χ2v) is 2.77. The van der Waals surface area contributed by atoms with Gasteiger partial charge in [-0.05, 0) is 6.92 Å². The van der Waals surface area contributed by atoms with Crippen LogP contribution in [0.5, 0.6) is 0 Å². The van der Waals surface area contributed by atoms with E-state index >= 15 is 0 Å². The lowest BCUT2D eigenvalue weighted by Gasteiger charge is -2.03. The van der Waals surface area contributed by atoms with E-state index in [4.69, 9.17) is 22.9 Å². The van der Waals surface area contributed by atoms with Crippen LogP contribution in [0.15, 0.2) is 4.99 Å². The molecular weight excluding hydrogens is 198 g/mol. The number of rotatable bonds is 1. The molecule has 0 aliphatic rings. The molecule has 8 N–H and O–H groups in total. The Morgan fingerprint density at radius 3 is 2.33 bits per heavy atom. The molecule has 15 heavy (non-hydrogen) atoms. The second kappa shape index (κ2) is 3.78. The highest BCUT2D eigenvalue weighted by Crippen LogP contribution is 2.12. The molecule has 1 heterocycles. The van der Waals surface area contributed by atoms with Gasteiger partial charge in [-0.1, -0.05) is 0 Å². The largest absolute Gasteiger partial charge is 0.382 e. The number of nitrogen functional groups attached to an aromatic ring is 2. The normalized spacial score (nSPS) is 9.67. The first-order chi connectivity index (χ1) is 6.91. The fourth-order valence-electron chi connectivity index (χ4n) is 0.873. The van der Waals surface area contributed by atoms with Gasteiger partial charge in [-0.15, -0.1) is 0 Å². The Hall–Kier alpha value is -2.38. The van der Waals surface area contributed by atoms with Gasteiger partial charge in [0, 0.05) is 0 Å². The van der Waals surface area contributed by atoms with Gasteiger partial charge in [-0.25, -0.2) is 9.97 Å². The predicted molar refractivity (Wildman–Crippen MR) is 55.7 cm³/mol. The van der Waals surface area contributed by atoms with E-state index in [0.29, 0.717) is 5.69 Å². The summed E-state index contributed by atoms with van der Waals surface area (Å²) in [5, 5.41) is 0. The van der Waals surface area contributed by atoms with E-state index in [-0.39, 0.29) is 23.3 Å². The zero-order valence-corrected chi connectivity index (χ0v) is 8.06. The molecule has 8 nitrogen and oxygen atoms in total. The van der Waals surface area contributed by atoms with Crippen LogP contribution in [0.2, 0.25) is 0 Å². The van der Waals surface area contributed by atoms with Crippen LogP contribution in [0.4, 0.5) is 11.6 Å². The van der Waals surface area contributed by atoms with E-state index in [1.807, 2.05) is 0 Å². The molecule has 0 saturated heterocycles. The first-order valence-electron chi connectivity index (χ1n) is 3.95. The smallest absolute Gasteiger partial charge is 0.302 e. The van der Waals surface area contributed by atoms with Crippen molar-refractivity contribution in [2.75, 3.05) is 11.5 Å². The summed E-state index contributed by atoms with van der Waals surface area (Å²) in [6.45, 7) is 1.59. The molecule has 80 valence electrons. The number of carbonyl (C=O) groups is 1. The van der Waals surface area contributed by atoms with Gasteiger partial charge in [0.1, 0.15) is 5.82 Å². The Kier molecular flexibility index (Phi) is 2.70. The fourth-order valence-corrected chi connectivity index (χ4v) is 0.873. The van der Waals surface area contributed by atoms with Crippen molar-refractivity contribution in [1.82, 2.24) is 9.97 Å². The van der Waals surface area contributed by atoms with E-state index in [0.717, 1.165) is 0 Å². The van der Waals surface area contributed by atoms with Gasteiger partial charge in [0.2, 0.25) is 0 Å². The van der Waals surface area contributed by atoms with E-state index in [1.165, 1.54) is 0 Å². The summed E-state index contributed by atoms with van der Waals surface area (Å²) in [4.78, 5) is 22.2. The summed E-state index contributed by atoms with van der Waals surface area (Å²) in [5.41, 5.74) is 21.2. The van der Waals surface area contributed by atoms with Crippen molar-refractivity contribution >= 4 is 23.5 Å². The van der Waals surface area contributed by atoms with E-state index in [2.05, 4.69) is 15.0 Å². The Morgan fingerprint density at radius 1 is 1.20 bits per heavy atom. The highest BCUT2D eigenvalue weighted by atomic mass is 16.1. The fraction of sp³-hybridized carbons (Fsp3) is 0.143. The Balaban J connectivity index is 3.21. The summed E-state index contributed by atoms with van der Waals surface area (Å²) in [7, 11) is 0. The maximum Gasteiger partial charge on any atom is 0.302 e. The van der Waals surface area contributed by atoms with Gasteiger partial charge in [-0.3, -0.25) is 4.79 Å². The molecule has 0 fully saturated rings. The van der Waals surface area contributed by atoms with Crippen LogP contribution in [0.3, 0.4) is 0 Å². The molecule has 1 aromatic heterocycles. The SMILES string of the molecule is Cc1nc(C(=O)N=C(N)N)c(N)nc1N. The first kappa shape index (κ1) is 10.7. The standard InChI is InChI=1S/C7H11N7O/c1-2-4(8)13-5(9)3(12-2)6(15)14-7(10)11/h1H3,(H4,8,9,13)(H4,10,11,14,15). The number of hydrogen-bond acceptors (Lipinski definition) is 5. The zero-order chi connectivity index (χ0) is 11.6. The number of nitrogens with zero attached hydrogens (tertiary/aromatic N) is 3. The summed E-state index contributed by atoms with van der Waals surface area (Å²) >= 11 is 0. The number of aryl methyl sites for hydroxylation is 1. The lowest BCUT2D eigenvalue weighted by molar-refractivity contribution is 0.0998. The van der Waals surface area contributed by atoms with Crippen molar-refractivity contribution < 1.29 is 4.79 Å². The molecule has 0 aromatic carbocycles. The maximum absolute atomic E-state index is 11.4. The third-order valence-electron chi connectivity index (χ3n) is 1.57. The minimum atomic E-state index is -0.747. The highest BCUT2D eigenvalue weighted by Gasteiger charge is 2.14. The summed E-state index contributed by atoms with van der Waals surface area (Å²) in [6.07, 6.45) is 0. The maximum atomic E-state index is 11.4. The van der Waals surface area contributed by atoms with Crippen LogP contribution in [0.25, 0.3) is 0 Å². The van der Waals surface area contributed by atoms with Crippen LogP contribution >= 0.6 is 0 Å². The van der Waals surface area contributed by atoms with Gasteiger partial charge in [0.05, 0.1) is 5.69 Å². The van der Waals surface area contributed by atoms with Crippen LogP contribution in [-0.4, -0.2) is 21.8 Å². The molecule has 0 aliphatic carbocycles. The van der Waals surface area contributed by atoms with E-state index < -0.39 is 5.91 Å². The Bertz CT molecular complexity index is 435.